The standard InChI is InChI=1S/C11H25NO5S/c1-10(2)17-6-5-16-9-11(13)8-12-4-7-18(3,14)15/h10-13H,4-9H2,1-3H3. The first-order valence-corrected chi connectivity index (χ1v) is 8.13. The Kier molecular flexibility index (Phi) is 9.57. The molecule has 0 saturated heterocycles. The van der Waals surface area contributed by atoms with Crippen molar-refractivity contribution in [2.24, 2.45) is 0 Å². The molecule has 0 aromatic carbocycles. The number of aliphatic hydroxyl groups excluding tert-OH is 1. The Hall–Kier alpha value is -0.210. The second kappa shape index (κ2) is 9.69. The number of nitrogens with one attached hydrogen (secondary N) is 1. The van der Waals surface area contributed by atoms with Gasteiger partial charge in [-0.05, 0) is 13.8 Å². The molecule has 0 heterocycles. The minimum atomic E-state index is -2.95. The molecule has 0 amide bonds. The highest BCUT2D eigenvalue weighted by Crippen LogP contribution is 1.89. The van der Waals surface area contributed by atoms with E-state index in [1.54, 1.807) is 0 Å². The summed E-state index contributed by atoms with van der Waals surface area (Å²) in [6, 6.07) is 0. The number of sulfone groups is 1. The summed E-state index contributed by atoms with van der Waals surface area (Å²) in [6.45, 7) is 5.71. The van der Waals surface area contributed by atoms with Gasteiger partial charge in [-0.15, -0.1) is 0 Å². The zero-order chi connectivity index (χ0) is 14.0. The Morgan fingerprint density at radius 1 is 1.28 bits per heavy atom. The Morgan fingerprint density at radius 2 is 1.94 bits per heavy atom. The Balaban J connectivity index is 3.35. The summed E-state index contributed by atoms with van der Waals surface area (Å²) in [7, 11) is -2.95. The van der Waals surface area contributed by atoms with Crippen LogP contribution in [-0.4, -0.2) is 70.7 Å². The molecule has 0 spiro atoms. The minimum absolute atomic E-state index is 0.0722. The minimum Gasteiger partial charge on any atom is -0.389 e. The van der Waals surface area contributed by atoms with E-state index >= 15 is 0 Å². The Morgan fingerprint density at radius 3 is 2.50 bits per heavy atom. The maximum Gasteiger partial charge on any atom is 0.148 e. The van der Waals surface area contributed by atoms with Gasteiger partial charge >= 0.3 is 0 Å². The molecule has 0 bridgehead atoms. The molecule has 18 heavy (non-hydrogen) atoms. The molecule has 0 saturated carbocycles. The molecule has 0 aromatic heterocycles. The van der Waals surface area contributed by atoms with Crippen molar-refractivity contribution in [3.63, 3.8) is 0 Å². The third-order valence-corrected chi connectivity index (χ3v) is 2.96. The first kappa shape index (κ1) is 17.8. The van der Waals surface area contributed by atoms with Crippen molar-refractivity contribution in [2.75, 3.05) is 44.9 Å². The Bertz CT molecular complexity index is 292. The summed E-state index contributed by atoms with van der Waals surface area (Å²) >= 11 is 0. The van der Waals surface area contributed by atoms with Crippen molar-refractivity contribution >= 4 is 9.84 Å². The maximum atomic E-state index is 10.8. The van der Waals surface area contributed by atoms with Gasteiger partial charge in [0.25, 0.3) is 0 Å². The third-order valence-electron chi connectivity index (χ3n) is 2.02. The van der Waals surface area contributed by atoms with Crippen molar-refractivity contribution in [1.29, 1.82) is 0 Å². The average molecular weight is 283 g/mol. The quantitative estimate of drug-likeness (QED) is 0.494. The molecular weight excluding hydrogens is 258 g/mol. The van der Waals surface area contributed by atoms with Crippen LogP contribution in [0, 0.1) is 0 Å². The highest BCUT2D eigenvalue weighted by Gasteiger charge is 2.05. The zero-order valence-corrected chi connectivity index (χ0v) is 12.2. The van der Waals surface area contributed by atoms with Crippen LogP contribution in [0.2, 0.25) is 0 Å². The highest BCUT2D eigenvalue weighted by atomic mass is 32.2. The zero-order valence-electron chi connectivity index (χ0n) is 11.4. The van der Waals surface area contributed by atoms with Gasteiger partial charge in [0.2, 0.25) is 0 Å². The fourth-order valence-electron chi connectivity index (χ4n) is 1.15. The molecule has 0 fully saturated rings. The van der Waals surface area contributed by atoms with E-state index in [9.17, 15) is 13.5 Å². The number of hydrogen-bond acceptors (Lipinski definition) is 6. The summed E-state index contributed by atoms with van der Waals surface area (Å²) in [5.41, 5.74) is 0. The van der Waals surface area contributed by atoms with Crippen molar-refractivity contribution in [3.05, 3.63) is 0 Å². The van der Waals surface area contributed by atoms with Gasteiger partial charge in [-0.25, -0.2) is 8.42 Å². The van der Waals surface area contributed by atoms with Crippen LogP contribution in [-0.2, 0) is 19.3 Å². The molecular formula is C11H25NO5S. The number of ether oxygens (including phenoxy) is 2. The molecule has 0 aliphatic heterocycles. The van der Waals surface area contributed by atoms with Gasteiger partial charge in [0, 0.05) is 19.3 Å². The molecule has 7 heteroatoms. The van der Waals surface area contributed by atoms with Gasteiger partial charge in [0.15, 0.2) is 0 Å². The number of rotatable bonds is 11. The lowest BCUT2D eigenvalue weighted by molar-refractivity contribution is -0.00983. The molecule has 1 unspecified atom stereocenters. The van der Waals surface area contributed by atoms with E-state index in [0.29, 0.717) is 26.3 Å². The number of hydrogen-bond donors (Lipinski definition) is 2. The molecule has 0 rings (SSSR count). The summed E-state index contributed by atoms with van der Waals surface area (Å²) in [5, 5.41) is 12.4. The lowest BCUT2D eigenvalue weighted by atomic mass is 10.4. The van der Waals surface area contributed by atoms with Crippen LogP contribution in [0.5, 0.6) is 0 Å². The second-order valence-electron chi connectivity index (χ2n) is 4.48. The van der Waals surface area contributed by atoms with E-state index in [-0.39, 0.29) is 18.5 Å². The molecule has 2 N–H and O–H groups in total. The molecule has 0 radical (unpaired) electrons. The number of aliphatic hydroxyl groups is 1. The van der Waals surface area contributed by atoms with Crippen LogP contribution in [0.4, 0.5) is 0 Å². The third kappa shape index (κ3) is 13.9. The molecule has 0 aliphatic rings. The van der Waals surface area contributed by atoms with Crippen molar-refractivity contribution in [3.8, 4) is 0 Å². The van der Waals surface area contributed by atoms with Crippen LogP contribution in [0.25, 0.3) is 0 Å². The van der Waals surface area contributed by atoms with E-state index in [0.717, 1.165) is 0 Å². The average Bonchev–Trinajstić information content (AvgIpc) is 2.22. The van der Waals surface area contributed by atoms with Gasteiger partial charge in [-0.1, -0.05) is 0 Å². The summed E-state index contributed by atoms with van der Waals surface area (Å²) in [6.07, 6.45) is 0.725. The highest BCUT2D eigenvalue weighted by molar-refractivity contribution is 7.90. The van der Waals surface area contributed by atoms with Crippen molar-refractivity contribution in [1.82, 2.24) is 5.32 Å². The van der Waals surface area contributed by atoms with Crippen LogP contribution in [0.15, 0.2) is 0 Å². The predicted molar refractivity (Wildman–Crippen MR) is 70.5 cm³/mol. The van der Waals surface area contributed by atoms with E-state index < -0.39 is 15.9 Å². The predicted octanol–water partition coefficient (Wildman–Crippen LogP) is -0.577. The summed E-state index contributed by atoms with van der Waals surface area (Å²) in [4.78, 5) is 0. The van der Waals surface area contributed by atoms with Crippen LogP contribution in [0.3, 0.4) is 0 Å². The van der Waals surface area contributed by atoms with Gasteiger partial charge in [0.05, 0.1) is 37.8 Å². The molecule has 110 valence electrons. The molecule has 6 nitrogen and oxygen atoms in total. The lowest BCUT2D eigenvalue weighted by Gasteiger charge is -2.13. The largest absolute Gasteiger partial charge is 0.389 e. The fraction of sp³-hybridized carbons (Fsp3) is 1.00. The normalized spacial score (nSPS) is 14.1. The van der Waals surface area contributed by atoms with Gasteiger partial charge in [-0.3, -0.25) is 0 Å². The monoisotopic (exact) mass is 283 g/mol. The fourth-order valence-corrected chi connectivity index (χ4v) is 1.66. The van der Waals surface area contributed by atoms with Gasteiger partial charge in [-0.2, -0.15) is 0 Å². The second-order valence-corrected chi connectivity index (χ2v) is 6.74. The first-order chi connectivity index (χ1) is 8.31. The van der Waals surface area contributed by atoms with E-state index in [1.165, 1.54) is 6.26 Å². The smallest absolute Gasteiger partial charge is 0.148 e. The lowest BCUT2D eigenvalue weighted by Crippen LogP contribution is -2.33. The van der Waals surface area contributed by atoms with E-state index in [4.69, 9.17) is 9.47 Å². The van der Waals surface area contributed by atoms with Crippen molar-refractivity contribution in [2.45, 2.75) is 26.1 Å². The Labute approximate surface area is 110 Å². The maximum absolute atomic E-state index is 10.8. The van der Waals surface area contributed by atoms with E-state index in [1.807, 2.05) is 13.8 Å². The topological polar surface area (TPSA) is 84.9 Å². The SMILES string of the molecule is CC(C)OCCOCC(O)CNCCS(C)(=O)=O. The molecule has 0 aliphatic carbocycles. The van der Waals surface area contributed by atoms with E-state index in [2.05, 4.69) is 5.32 Å². The van der Waals surface area contributed by atoms with Gasteiger partial charge in [0.1, 0.15) is 9.84 Å². The summed E-state index contributed by atoms with van der Waals surface area (Å²) < 4.78 is 32.1. The van der Waals surface area contributed by atoms with Crippen LogP contribution >= 0.6 is 0 Å². The van der Waals surface area contributed by atoms with Crippen LogP contribution < -0.4 is 5.32 Å². The van der Waals surface area contributed by atoms with Crippen molar-refractivity contribution < 1.29 is 23.0 Å². The van der Waals surface area contributed by atoms with Crippen LogP contribution in [0.1, 0.15) is 13.8 Å². The van der Waals surface area contributed by atoms with Gasteiger partial charge < -0.3 is 19.9 Å². The summed E-state index contributed by atoms with van der Waals surface area (Å²) in [5.74, 6) is 0.0722. The first-order valence-electron chi connectivity index (χ1n) is 6.07. The molecule has 1 atom stereocenters. The molecule has 0 aromatic rings.